The maximum absolute atomic E-state index is 6.03. The van der Waals surface area contributed by atoms with Crippen molar-refractivity contribution < 1.29 is 0 Å². The topological polar surface area (TPSA) is 38.0 Å². The van der Waals surface area contributed by atoms with E-state index in [0.717, 1.165) is 18.4 Å². The largest absolute Gasteiger partial charge is 0.271 e. The van der Waals surface area contributed by atoms with E-state index in [9.17, 15) is 0 Å². The van der Waals surface area contributed by atoms with Crippen molar-refractivity contribution in [2.24, 2.45) is 5.84 Å². The molecule has 0 heterocycles. The number of benzene rings is 2. The highest BCUT2D eigenvalue weighted by Gasteiger charge is 2.10. The predicted molar refractivity (Wildman–Crippen MR) is 94.1 cm³/mol. The summed E-state index contributed by atoms with van der Waals surface area (Å²) >= 11 is 14.3. The molecule has 2 nitrogen and oxygen atoms in total. The standard InChI is InChI=1S/C15H15Cl2IN2/c16-14-6-3-11(9-15(14)17)8-13(20-19)7-10-1-4-12(18)5-2-10/h1-6,9,13,20H,7-8,19H2. The summed E-state index contributed by atoms with van der Waals surface area (Å²) in [5.74, 6) is 5.66. The molecule has 1 unspecified atom stereocenters. The second-order valence-electron chi connectivity index (χ2n) is 4.65. The molecule has 0 spiro atoms. The minimum atomic E-state index is 0.160. The minimum absolute atomic E-state index is 0.160. The number of nitrogens with one attached hydrogen (secondary N) is 1. The third-order valence-electron chi connectivity index (χ3n) is 3.10. The molecule has 0 bridgehead atoms. The lowest BCUT2D eigenvalue weighted by Gasteiger charge is -2.16. The van der Waals surface area contributed by atoms with Crippen molar-refractivity contribution in [1.82, 2.24) is 5.43 Å². The van der Waals surface area contributed by atoms with Crippen LogP contribution in [0.15, 0.2) is 42.5 Å². The predicted octanol–water partition coefficient (Wildman–Crippen LogP) is 4.22. The van der Waals surface area contributed by atoms with E-state index >= 15 is 0 Å². The molecule has 2 rings (SSSR count). The summed E-state index contributed by atoms with van der Waals surface area (Å²) in [7, 11) is 0. The van der Waals surface area contributed by atoms with E-state index in [1.54, 1.807) is 0 Å². The first-order valence-corrected chi connectivity index (χ1v) is 8.06. The molecule has 1 atom stereocenters. The van der Waals surface area contributed by atoms with Gasteiger partial charge in [-0.15, -0.1) is 0 Å². The maximum atomic E-state index is 6.03. The Hall–Kier alpha value is -0.330. The Bertz CT molecular complexity index is 573. The van der Waals surface area contributed by atoms with E-state index in [4.69, 9.17) is 29.0 Å². The van der Waals surface area contributed by atoms with Crippen LogP contribution in [0.3, 0.4) is 0 Å². The summed E-state index contributed by atoms with van der Waals surface area (Å²) < 4.78 is 1.23. The Morgan fingerprint density at radius 3 is 2.15 bits per heavy atom. The molecule has 2 aromatic rings. The van der Waals surface area contributed by atoms with Gasteiger partial charge in [0.15, 0.2) is 0 Å². The number of hydrogen-bond donors (Lipinski definition) is 2. The molecule has 0 saturated heterocycles. The molecule has 0 fully saturated rings. The van der Waals surface area contributed by atoms with Crippen molar-refractivity contribution in [2.45, 2.75) is 18.9 Å². The summed E-state index contributed by atoms with van der Waals surface area (Å²) in [6.07, 6.45) is 1.67. The fraction of sp³-hybridized carbons (Fsp3) is 0.200. The lowest BCUT2D eigenvalue weighted by atomic mass is 9.99. The van der Waals surface area contributed by atoms with Gasteiger partial charge in [0.2, 0.25) is 0 Å². The molecule has 0 aliphatic heterocycles. The molecule has 5 heteroatoms. The highest BCUT2D eigenvalue weighted by Crippen LogP contribution is 2.23. The average Bonchev–Trinajstić information content (AvgIpc) is 2.44. The molecular formula is C15H15Cl2IN2. The highest BCUT2D eigenvalue weighted by atomic mass is 127. The van der Waals surface area contributed by atoms with Gasteiger partial charge >= 0.3 is 0 Å². The van der Waals surface area contributed by atoms with Gasteiger partial charge < -0.3 is 0 Å². The number of nitrogens with two attached hydrogens (primary N) is 1. The van der Waals surface area contributed by atoms with Gasteiger partial charge in [0.05, 0.1) is 10.0 Å². The van der Waals surface area contributed by atoms with Crippen LogP contribution < -0.4 is 11.3 Å². The van der Waals surface area contributed by atoms with Crippen LogP contribution >= 0.6 is 45.8 Å². The van der Waals surface area contributed by atoms with Crippen LogP contribution in [0.25, 0.3) is 0 Å². The van der Waals surface area contributed by atoms with Crippen molar-refractivity contribution in [2.75, 3.05) is 0 Å². The van der Waals surface area contributed by atoms with Gasteiger partial charge in [-0.25, -0.2) is 0 Å². The molecule has 0 aromatic heterocycles. The Kier molecular flexibility index (Phi) is 6.11. The summed E-state index contributed by atoms with van der Waals surface area (Å²) in [5.41, 5.74) is 5.25. The molecule has 0 radical (unpaired) electrons. The molecule has 0 amide bonds. The Morgan fingerprint density at radius 2 is 1.55 bits per heavy atom. The normalized spacial score (nSPS) is 12.4. The quantitative estimate of drug-likeness (QED) is 0.431. The van der Waals surface area contributed by atoms with Crippen LogP contribution in [0, 0.1) is 3.57 Å². The van der Waals surface area contributed by atoms with Gasteiger partial charge in [-0.1, -0.05) is 41.4 Å². The Morgan fingerprint density at radius 1 is 0.950 bits per heavy atom. The lowest BCUT2D eigenvalue weighted by molar-refractivity contribution is 0.522. The van der Waals surface area contributed by atoms with E-state index in [2.05, 4.69) is 52.3 Å². The van der Waals surface area contributed by atoms with Crippen molar-refractivity contribution in [3.8, 4) is 0 Å². The van der Waals surface area contributed by atoms with Crippen LogP contribution in [-0.2, 0) is 12.8 Å². The molecule has 20 heavy (non-hydrogen) atoms. The van der Waals surface area contributed by atoms with E-state index in [1.165, 1.54) is 9.13 Å². The van der Waals surface area contributed by atoms with E-state index in [-0.39, 0.29) is 6.04 Å². The molecule has 0 aliphatic rings. The minimum Gasteiger partial charge on any atom is -0.271 e. The first-order valence-electron chi connectivity index (χ1n) is 6.23. The van der Waals surface area contributed by atoms with Gasteiger partial charge in [-0.05, 0) is 70.8 Å². The fourth-order valence-electron chi connectivity index (χ4n) is 2.05. The molecule has 106 valence electrons. The summed E-state index contributed by atoms with van der Waals surface area (Å²) in [6, 6.07) is 14.3. The number of rotatable bonds is 5. The highest BCUT2D eigenvalue weighted by molar-refractivity contribution is 14.1. The zero-order valence-electron chi connectivity index (χ0n) is 10.7. The smallest absolute Gasteiger partial charge is 0.0595 e. The second-order valence-corrected chi connectivity index (χ2v) is 6.71. The van der Waals surface area contributed by atoms with Crippen molar-refractivity contribution in [3.05, 3.63) is 67.2 Å². The molecule has 2 aromatic carbocycles. The number of hydrazine groups is 1. The second kappa shape index (κ2) is 7.61. The summed E-state index contributed by atoms with van der Waals surface area (Å²) in [4.78, 5) is 0. The van der Waals surface area contributed by atoms with E-state index in [0.29, 0.717) is 10.0 Å². The third-order valence-corrected chi connectivity index (χ3v) is 4.56. The molecule has 0 aliphatic carbocycles. The monoisotopic (exact) mass is 420 g/mol. The SMILES string of the molecule is NNC(Cc1ccc(I)cc1)Cc1ccc(Cl)c(Cl)c1. The summed E-state index contributed by atoms with van der Waals surface area (Å²) in [5, 5.41) is 1.15. The van der Waals surface area contributed by atoms with Crippen molar-refractivity contribution in [3.63, 3.8) is 0 Å². The fourth-order valence-corrected chi connectivity index (χ4v) is 2.73. The van der Waals surface area contributed by atoms with Crippen molar-refractivity contribution >= 4 is 45.8 Å². The van der Waals surface area contributed by atoms with Crippen LogP contribution in [-0.4, -0.2) is 6.04 Å². The Labute approximate surface area is 142 Å². The Balaban J connectivity index is 2.04. The molecule has 0 saturated carbocycles. The van der Waals surface area contributed by atoms with E-state index < -0.39 is 0 Å². The van der Waals surface area contributed by atoms with Gasteiger partial charge in [0.1, 0.15) is 0 Å². The van der Waals surface area contributed by atoms with Crippen molar-refractivity contribution in [1.29, 1.82) is 0 Å². The van der Waals surface area contributed by atoms with Crippen LogP contribution in [0.2, 0.25) is 10.0 Å². The maximum Gasteiger partial charge on any atom is 0.0595 e. The van der Waals surface area contributed by atoms with E-state index in [1.807, 2.05) is 18.2 Å². The first kappa shape index (κ1) is 16.0. The number of halogens is 3. The van der Waals surface area contributed by atoms with Crippen LogP contribution in [0.1, 0.15) is 11.1 Å². The zero-order chi connectivity index (χ0) is 14.5. The molecule has 3 N–H and O–H groups in total. The van der Waals surface area contributed by atoms with Gasteiger partial charge in [0, 0.05) is 9.61 Å². The zero-order valence-corrected chi connectivity index (χ0v) is 14.4. The van der Waals surface area contributed by atoms with Gasteiger partial charge in [-0.2, -0.15) is 0 Å². The van der Waals surface area contributed by atoms with Gasteiger partial charge in [0.25, 0.3) is 0 Å². The lowest BCUT2D eigenvalue weighted by Crippen LogP contribution is -2.38. The first-order chi connectivity index (χ1) is 9.58. The average molecular weight is 421 g/mol. The summed E-state index contributed by atoms with van der Waals surface area (Å²) in [6.45, 7) is 0. The van der Waals surface area contributed by atoms with Crippen LogP contribution in [0.5, 0.6) is 0 Å². The molecular weight excluding hydrogens is 406 g/mol. The van der Waals surface area contributed by atoms with Crippen LogP contribution in [0.4, 0.5) is 0 Å². The van der Waals surface area contributed by atoms with Gasteiger partial charge in [-0.3, -0.25) is 11.3 Å². The third kappa shape index (κ3) is 4.60. The number of hydrogen-bond acceptors (Lipinski definition) is 2.